The lowest BCUT2D eigenvalue weighted by molar-refractivity contribution is -0.139. The molecule has 3 unspecified atom stereocenters. The summed E-state index contributed by atoms with van der Waals surface area (Å²) in [6, 6.07) is 0.318. The van der Waals surface area contributed by atoms with Crippen LogP contribution < -0.4 is 5.73 Å². The minimum Gasteiger partial charge on any atom is -0.339 e. The first kappa shape index (κ1) is 15.7. The molecule has 1 aliphatic carbocycles. The van der Waals surface area contributed by atoms with Gasteiger partial charge < -0.3 is 15.5 Å². The van der Waals surface area contributed by atoms with Gasteiger partial charge in [0, 0.05) is 52.2 Å². The van der Waals surface area contributed by atoms with E-state index < -0.39 is 0 Å². The summed E-state index contributed by atoms with van der Waals surface area (Å²) in [4.78, 5) is 29.8. The molecule has 2 amide bonds. The van der Waals surface area contributed by atoms with Crippen molar-refractivity contribution < 1.29 is 9.59 Å². The lowest BCUT2D eigenvalue weighted by Gasteiger charge is -2.35. The third kappa shape index (κ3) is 3.27. The Morgan fingerprint density at radius 2 is 1.73 bits per heavy atom. The van der Waals surface area contributed by atoms with Crippen molar-refractivity contribution in [3.8, 4) is 0 Å². The fourth-order valence-corrected chi connectivity index (χ4v) is 4.30. The van der Waals surface area contributed by atoms with Crippen LogP contribution in [-0.2, 0) is 9.59 Å². The molecular weight excluding hydrogens is 280 g/mol. The van der Waals surface area contributed by atoms with Gasteiger partial charge in [0.2, 0.25) is 11.8 Å². The summed E-state index contributed by atoms with van der Waals surface area (Å²) in [5.41, 5.74) is 6.24. The lowest BCUT2D eigenvalue weighted by atomic mass is 9.78. The molecule has 2 N–H and O–H groups in total. The molecule has 22 heavy (non-hydrogen) atoms. The van der Waals surface area contributed by atoms with Gasteiger partial charge in [-0.05, 0) is 24.7 Å². The fraction of sp³-hybridized carbons (Fsp3) is 0.875. The normalized spacial score (nSPS) is 32.9. The van der Waals surface area contributed by atoms with E-state index in [-0.39, 0.29) is 11.8 Å². The third-order valence-electron chi connectivity index (χ3n) is 5.67. The molecule has 1 saturated carbocycles. The second kappa shape index (κ2) is 6.54. The molecule has 0 bridgehead atoms. The molecule has 3 aliphatic rings. The molecule has 0 radical (unpaired) electrons. The number of carbonyl (C=O) groups excluding carboxylic acids is 2. The van der Waals surface area contributed by atoms with Crippen molar-refractivity contribution in [2.75, 3.05) is 45.8 Å². The molecule has 124 valence electrons. The number of rotatable bonds is 2. The van der Waals surface area contributed by atoms with E-state index in [9.17, 15) is 9.59 Å². The maximum atomic E-state index is 12.5. The van der Waals surface area contributed by atoms with Crippen LogP contribution in [0.2, 0.25) is 0 Å². The molecule has 0 aromatic carbocycles. The van der Waals surface area contributed by atoms with Crippen LogP contribution in [0.25, 0.3) is 0 Å². The number of piperazine rings is 1. The average Bonchev–Trinajstić information content (AvgIpc) is 2.91. The number of nitrogens with zero attached hydrogens (tertiary/aromatic N) is 3. The van der Waals surface area contributed by atoms with Crippen molar-refractivity contribution in [2.45, 2.75) is 32.2 Å². The maximum absolute atomic E-state index is 12.5. The number of likely N-dealkylation sites (tertiary alicyclic amines) is 1. The minimum atomic E-state index is 0.102. The van der Waals surface area contributed by atoms with Gasteiger partial charge in [0.15, 0.2) is 0 Å². The molecule has 6 nitrogen and oxygen atoms in total. The standard InChI is InChI=1S/C16H28N4O2/c1-12(21)19-5-7-20(8-6-19)16(22)11-18-9-13-3-2-4-15(17)14(13)10-18/h13-15H,2-11,17H2,1H3. The van der Waals surface area contributed by atoms with Gasteiger partial charge in [0.05, 0.1) is 6.54 Å². The number of hydrogen-bond donors (Lipinski definition) is 1. The van der Waals surface area contributed by atoms with Gasteiger partial charge in [-0.25, -0.2) is 0 Å². The largest absolute Gasteiger partial charge is 0.339 e. The molecule has 2 heterocycles. The number of fused-ring (bicyclic) bond motifs is 1. The Labute approximate surface area is 132 Å². The van der Waals surface area contributed by atoms with Crippen molar-refractivity contribution in [3.05, 3.63) is 0 Å². The predicted molar refractivity (Wildman–Crippen MR) is 84.1 cm³/mol. The molecular formula is C16H28N4O2. The van der Waals surface area contributed by atoms with E-state index in [1.807, 2.05) is 9.80 Å². The molecule has 2 aliphatic heterocycles. The van der Waals surface area contributed by atoms with Crippen LogP contribution in [0.5, 0.6) is 0 Å². The molecule has 0 spiro atoms. The molecule has 3 fully saturated rings. The first-order chi connectivity index (χ1) is 10.5. The van der Waals surface area contributed by atoms with Crippen molar-refractivity contribution >= 4 is 11.8 Å². The Morgan fingerprint density at radius 1 is 1.05 bits per heavy atom. The summed E-state index contributed by atoms with van der Waals surface area (Å²) in [7, 11) is 0. The van der Waals surface area contributed by atoms with Gasteiger partial charge in [0.25, 0.3) is 0 Å². The summed E-state index contributed by atoms with van der Waals surface area (Å²) >= 11 is 0. The van der Waals surface area contributed by atoms with Crippen LogP contribution in [0.3, 0.4) is 0 Å². The molecule has 3 atom stereocenters. The fourth-order valence-electron chi connectivity index (χ4n) is 4.30. The Kier molecular flexibility index (Phi) is 4.68. The van der Waals surface area contributed by atoms with Crippen LogP contribution in [0, 0.1) is 11.8 Å². The highest BCUT2D eigenvalue weighted by Crippen LogP contribution is 2.35. The zero-order chi connectivity index (χ0) is 15.7. The smallest absolute Gasteiger partial charge is 0.236 e. The first-order valence-corrected chi connectivity index (χ1v) is 8.56. The highest BCUT2D eigenvalue weighted by Gasteiger charge is 2.39. The van der Waals surface area contributed by atoms with Gasteiger partial charge in [-0.1, -0.05) is 6.42 Å². The molecule has 2 saturated heterocycles. The van der Waals surface area contributed by atoms with E-state index in [0.717, 1.165) is 19.5 Å². The highest BCUT2D eigenvalue weighted by molar-refractivity contribution is 5.79. The SMILES string of the molecule is CC(=O)N1CCN(C(=O)CN2CC3CCCC(N)C3C2)CC1. The van der Waals surface area contributed by atoms with Crippen molar-refractivity contribution in [1.29, 1.82) is 0 Å². The van der Waals surface area contributed by atoms with Crippen molar-refractivity contribution in [2.24, 2.45) is 17.6 Å². The average molecular weight is 308 g/mol. The van der Waals surface area contributed by atoms with E-state index in [1.54, 1.807) is 6.92 Å². The second-order valence-electron chi connectivity index (χ2n) is 7.10. The quantitative estimate of drug-likeness (QED) is 0.763. The van der Waals surface area contributed by atoms with Crippen LogP contribution >= 0.6 is 0 Å². The predicted octanol–water partition coefficient (Wildman–Crippen LogP) is -0.264. The number of amides is 2. The monoisotopic (exact) mass is 308 g/mol. The molecule has 0 aromatic heterocycles. The Morgan fingerprint density at radius 3 is 2.36 bits per heavy atom. The van der Waals surface area contributed by atoms with E-state index in [1.165, 1.54) is 12.8 Å². The minimum absolute atomic E-state index is 0.102. The van der Waals surface area contributed by atoms with E-state index in [0.29, 0.717) is 50.6 Å². The van der Waals surface area contributed by atoms with Crippen LogP contribution in [-0.4, -0.2) is 78.4 Å². The van der Waals surface area contributed by atoms with Crippen LogP contribution in [0.1, 0.15) is 26.2 Å². The molecule has 3 rings (SSSR count). The number of carbonyl (C=O) groups is 2. The summed E-state index contributed by atoms with van der Waals surface area (Å²) in [6.07, 6.45) is 3.63. The van der Waals surface area contributed by atoms with Crippen LogP contribution in [0.4, 0.5) is 0 Å². The second-order valence-corrected chi connectivity index (χ2v) is 7.10. The molecule has 6 heteroatoms. The Balaban J connectivity index is 1.48. The Hall–Kier alpha value is -1.14. The lowest BCUT2D eigenvalue weighted by Crippen LogP contribution is -2.52. The highest BCUT2D eigenvalue weighted by atomic mass is 16.2. The zero-order valence-corrected chi connectivity index (χ0v) is 13.5. The van der Waals surface area contributed by atoms with E-state index in [2.05, 4.69) is 4.90 Å². The zero-order valence-electron chi connectivity index (χ0n) is 13.5. The molecule has 0 aromatic rings. The van der Waals surface area contributed by atoms with E-state index >= 15 is 0 Å². The summed E-state index contributed by atoms with van der Waals surface area (Å²) in [5.74, 6) is 1.57. The van der Waals surface area contributed by atoms with Gasteiger partial charge >= 0.3 is 0 Å². The summed E-state index contributed by atoms with van der Waals surface area (Å²) < 4.78 is 0. The maximum Gasteiger partial charge on any atom is 0.236 e. The number of hydrogen-bond acceptors (Lipinski definition) is 4. The van der Waals surface area contributed by atoms with Gasteiger partial charge in [0.1, 0.15) is 0 Å². The van der Waals surface area contributed by atoms with Gasteiger partial charge in [-0.15, -0.1) is 0 Å². The summed E-state index contributed by atoms with van der Waals surface area (Å²) in [5, 5.41) is 0. The van der Waals surface area contributed by atoms with Crippen molar-refractivity contribution in [3.63, 3.8) is 0 Å². The van der Waals surface area contributed by atoms with Gasteiger partial charge in [-0.2, -0.15) is 0 Å². The van der Waals surface area contributed by atoms with Crippen molar-refractivity contribution in [1.82, 2.24) is 14.7 Å². The first-order valence-electron chi connectivity index (χ1n) is 8.56. The Bertz CT molecular complexity index is 434. The third-order valence-corrected chi connectivity index (χ3v) is 5.67. The van der Waals surface area contributed by atoms with Gasteiger partial charge in [-0.3, -0.25) is 14.5 Å². The van der Waals surface area contributed by atoms with E-state index in [4.69, 9.17) is 5.73 Å². The topological polar surface area (TPSA) is 69.9 Å². The summed E-state index contributed by atoms with van der Waals surface area (Å²) in [6.45, 7) is 6.76. The van der Waals surface area contributed by atoms with Crippen LogP contribution in [0.15, 0.2) is 0 Å². The number of nitrogens with two attached hydrogens (primary N) is 1.